The van der Waals surface area contributed by atoms with Crippen LogP contribution < -0.4 is 5.32 Å². The van der Waals surface area contributed by atoms with Crippen LogP contribution in [0.25, 0.3) is 0 Å². The summed E-state index contributed by atoms with van der Waals surface area (Å²) >= 11 is 0. The Labute approximate surface area is 79.1 Å². The Hall–Kier alpha value is -0.830. The summed E-state index contributed by atoms with van der Waals surface area (Å²) in [6.07, 6.45) is 5.90. The topological polar surface area (TPSA) is 29.9 Å². The van der Waals surface area contributed by atoms with Crippen molar-refractivity contribution in [3.8, 4) is 0 Å². The molecule has 13 heavy (non-hydrogen) atoms. The third kappa shape index (κ3) is 2.56. The summed E-state index contributed by atoms with van der Waals surface area (Å²) in [7, 11) is 0. The van der Waals surface area contributed by atoms with Crippen molar-refractivity contribution in [1.82, 2.24) is 15.1 Å². The smallest absolute Gasteiger partial charge is 0.0762 e. The highest BCUT2D eigenvalue weighted by Crippen LogP contribution is 2.18. The van der Waals surface area contributed by atoms with Crippen molar-refractivity contribution in [3.63, 3.8) is 0 Å². The van der Waals surface area contributed by atoms with Crippen LogP contribution in [0.4, 0.5) is 0 Å². The van der Waals surface area contributed by atoms with Gasteiger partial charge in [0.1, 0.15) is 0 Å². The summed E-state index contributed by atoms with van der Waals surface area (Å²) in [6, 6.07) is 2.88. The molecule has 0 atom stereocenters. The largest absolute Gasteiger partial charge is 0.308 e. The molecule has 3 heteroatoms. The molecule has 0 unspecified atom stereocenters. The molecular weight excluding hydrogens is 162 g/mol. The van der Waals surface area contributed by atoms with Crippen LogP contribution >= 0.6 is 0 Å². The zero-order valence-corrected chi connectivity index (χ0v) is 8.16. The maximum atomic E-state index is 4.45. The second-order valence-electron chi connectivity index (χ2n) is 3.73. The van der Waals surface area contributed by atoms with Gasteiger partial charge in [-0.15, -0.1) is 0 Å². The Bertz CT molecular complexity index is 263. The first kappa shape index (κ1) is 8.75. The summed E-state index contributed by atoms with van der Waals surface area (Å²) in [5, 5.41) is 7.91. The van der Waals surface area contributed by atoms with Crippen LogP contribution in [0.5, 0.6) is 0 Å². The molecule has 0 bridgehead atoms. The van der Waals surface area contributed by atoms with E-state index >= 15 is 0 Å². The van der Waals surface area contributed by atoms with E-state index in [-0.39, 0.29) is 0 Å². The Kier molecular flexibility index (Phi) is 2.64. The molecule has 0 spiro atoms. The van der Waals surface area contributed by atoms with E-state index in [2.05, 4.69) is 29.6 Å². The number of nitrogens with one attached hydrogen (secondary N) is 1. The molecule has 0 aliphatic heterocycles. The lowest BCUT2D eigenvalue weighted by Gasteiger charge is -1.98. The molecule has 0 amide bonds. The van der Waals surface area contributed by atoms with Gasteiger partial charge in [-0.2, -0.15) is 5.10 Å². The molecule has 1 aromatic heterocycles. The minimum absolute atomic E-state index is 0.774. The molecule has 1 N–H and O–H groups in total. The molecule has 0 aromatic carbocycles. The van der Waals surface area contributed by atoms with Crippen molar-refractivity contribution in [2.45, 2.75) is 45.3 Å². The van der Waals surface area contributed by atoms with Crippen LogP contribution in [-0.4, -0.2) is 15.8 Å². The first-order valence-corrected chi connectivity index (χ1v) is 5.14. The number of nitrogens with zero attached hydrogens (tertiary/aromatic N) is 2. The van der Waals surface area contributed by atoms with Gasteiger partial charge < -0.3 is 5.32 Å². The molecule has 1 aliphatic rings. The predicted octanol–water partition coefficient (Wildman–Crippen LogP) is 1.55. The highest BCUT2D eigenvalue weighted by Gasteiger charge is 2.20. The van der Waals surface area contributed by atoms with Crippen molar-refractivity contribution in [2.24, 2.45) is 0 Å². The van der Waals surface area contributed by atoms with E-state index in [1.807, 2.05) is 4.68 Å². The van der Waals surface area contributed by atoms with E-state index in [1.54, 1.807) is 0 Å². The molecule has 1 fully saturated rings. The van der Waals surface area contributed by atoms with Crippen molar-refractivity contribution in [1.29, 1.82) is 0 Å². The van der Waals surface area contributed by atoms with Gasteiger partial charge in [-0.25, -0.2) is 0 Å². The first-order valence-electron chi connectivity index (χ1n) is 5.14. The molecule has 0 radical (unpaired) electrons. The zero-order chi connectivity index (χ0) is 9.10. The zero-order valence-electron chi connectivity index (χ0n) is 8.16. The summed E-state index contributed by atoms with van der Waals surface area (Å²) in [5.74, 6) is 0. The monoisotopic (exact) mass is 179 g/mol. The molecule has 1 aromatic rings. The highest BCUT2D eigenvalue weighted by molar-refractivity contribution is 4.99. The second-order valence-corrected chi connectivity index (χ2v) is 3.73. The molecule has 72 valence electrons. The van der Waals surface area contributed by atoms with Crippen LogP contribution in [0, 0.1) is 0 Å². The fraction of sp³-hybridized carbons (Fsp3) is 0.700. The summed E-state index contributed by atoms with van der Waals surface area (Å²) in [5.41, 5.74) is 1.17. The van der Waals surface area contributed by atoms with Gasteiger partial charge in [-0.05, 0) is 25.3 Å². The van der Waals surface area contributed by atoms with Crippen LogP contribution in [-0.2, 0) is 13.1 Å². The molecule has 1 aliphatic carbocycles. The van der Waals surface area contributed by atoms with Gasteiger partial charge in [0, 0.05) is 25.3 Å². The number of hydrogen-bond donors (Lipinski definition) is 1. The van der Waals surface area contributed by atoms with E-state index in [0.717, 1.165) is 25.6 Å². The van der Waals surface area contributed by atoms with E-state index in [9.17, 15) is 0 Å². The average Bonchev–Trinajstić information content (AvgIpc) is 2.85. The number of aromatic nitrogens is 2. The Balaban J connectivity index is 1.81. The Morgan fingerprint density at radius 3 is 3.15 bits per heavy atom. The molecule has 1 heterocycles. The maximum Gasteiger partial charge on any atom is 0.0762 e. The minimum atomic E-state index is 0.774. The van der Waals surface area contributed by atoms with Gasteiger partial charge in [0.05, 0.1) is 5.69 Å². The van der Waals surface area contributed by atoms with Crippen molar-refractivity contribution < 1.29 is 0 Å². The van der Waals surface area contributed by atoms with Crippen LogP contribution in [0.15, 0.2) is 12.3 Å². The molecular formula is C10H17N3. The van der Waals surface area contributed by atoms with Crippen molar-refractivity contribution in [3.05, 3.63) is 18.0 Å². The predicted molar refractivity (Wildman–Crippen MR) is 52.4 cm³/mol. The van der Waals surface area contributed by atoms with Gasteiger partial charge in [-0.1, -0.05) is 6.92 Å². The normalized spacial score (nSPS) is 16.4. The number of aryl methyl sites for hydroxylation is 1. The average molecular weight is 179 g/mol. The molecule has 1 saturated carbocycles. The van der Waals surface area contributed by atoms with Crippen LogP contribution in [0.2, 0.25) is 0 Å². The molecule has 3 nitrogen and oxygen atoms in total. The Morgan fingerprint density at radius 2 is 2.46 bits per heavy atom. The van der Waals surface area contributed by atoms with Gasteiger partial charge in [0.25, 0.3) is 0 Å². The lowest BCUT2D eigenvalue weighted by atomic mass is 10.4. The van der Waals surface area contributed by atoms with Crippen molar-refractivity contribution in [2.75, 3.05) is 0 Å². The van der Waals surface area contributed by atoms with E-state index in [0.29, 0.717) is 0 Å². The lowest BCUT2D eigenvalue weighted by molar-refractivity contribution is 0.582. The standard InChI is InChI=1S/C10H17N3/c1-2-6-13-7-5-10(12-13)8-11-9-3-4-9/h5,7,9,11H,2-4,6,8H2,1H3. The quantitative estimate of drug-likeness (QED) is 0.743. The third-order valence-corrected chi connectivity index (χ3v) is 2.30. The van der Waals surface area contributed by atoms with Crippen LogP contribution in [0.1, 0.15) is 31.9 Å². The fourth-order valence-corrected chi connectivity index (χ4v) is 1.39. The van der Waals surface area contributed by atoms with E-state index in [1.165, 1.54) is 18.5 Å². The van der Waals surface area contributed by atoms with E-state index < -0.39 is 0 Å². The molecule has 0 saturated heterocycles. The highest BCUT2D eigenvalue weighted by atomic mass is 15.3. The van der Waals surface area contributed by atoms with Gasteiger partial charge >= 0.3 is 0 Å². The molecule has 2 rings (SSSR count). The SMILES string of the molecule is CCCn1ccc(CNC2CC2)n1. The van der Waals surface area contributed by atoms with Gasteiger partial charge in [-0.3, -0.25) is 4.68 Å². The number of rotatable bonds is 5. The summed E-state index contributed by atoms with van der Waals surface area (Å²) in [6.45, 7) is 4.13. The van der Waals surface area contributed by atoms with Gasteiger partial charge in [0.2, 0.25) is 0 Å². The lowest BCUT2D eigenvalue weighted by Crippen LogP contribution is -2.15. The van der Waals surface area contributed by atoms with Crippen LogP contribution in [0.3, 0.4) is 0 Å². The van der Waals surface area contributed by atoms with Gasteiger partial charge in [0.15, 0.2) is 0 Å². The second kappa shape index (κ2) is 3.92. The summed E-state index contributed by atoms with van der Waals surface area (Å²) < 4.78 is 2.02. The van der Waals surface area contributed by atoms with Crippen molar-refractivity contribution >= 4 is 0 Å². The minimum Gasteiger partial charge on any atom is -0.308 e. The number of hydrogen-bond acceptors (Lipinski definition) is 2. The Morgan fingerprint density at radius 1 is 1.62 bits per heavy atom. The van der Waals surface area contributed by atoms with E-state index in [4.69, 9.17) is 0 Å². The maximum absolute atomic E-state index is 4.45. The third-order valence-electron chi connectivity index (χ3n) is 2.30. The summed E-state index contributed by atoms with van der Waals surface area (Å²) in [4.78, 5) is 0. The fourth-order valence-electron chi connectivity index (χ4n) is 1.39. The first-order chi connectivity index (χ1) is 6.38.